The van der Waals surface area contributed by atoms with Gasteiger partial charge in [-0.2, -0.15) is 0 Å². The van der Waals surface area contributed by atoms with Gasteiger partial charge in [-0.15, -0.1) is 0 Å². The maximum atomic E-state index is 10.7. The van der Waals surface area contributed by atoms with Crippen molar-refractivity contribution in [3.8, 4) is 5.75 Å². The molecule has 100 valence electrons. The van der Waals surface area contributed by atoms with Crippen molar-refractivity contribution in [1.82, 2.24) is 10.3 Å². The first-order chi connectivity index (χ1) is 8.63. The summed E-state index contributed by atoms with van der Waals surface area (Å²) in [6.07, 6.45) is 1.29. The first kappa shape index (κ1) is 14.4. The molecule has 0 aromatic carbocycles. The van der Waals surface area contributed by atoms with Crippen LogP contribution in [0.25, 0.3) is 0 Å². The maximum absolute atomic E-state index is 10.7. The summed E-state index contributed by atoms with van der Waals surface area (Å²) in [5.74, 6) is 0.353. The number of ether oxygens (including phenoxy) is 1. The molecule has 0 spiro atoms. The number of nitrogens with zero attached hydrogens (tertiary/aromatic N) is 1. The smallest absolute Gasteiger partial charge is 0.220 e. The van der Waals surface area contributed by atoms with Gasteiger partial charge in [0.05, 0.1) is 18.7 Å². The van der Waals surface area contributed by atoms with E-state index >= 15 is 0 Å². The summed E-state index contributed by atoms with van der Waals surface area (Å²) in [7, 11) is 0. The molecule has 1 aromatic rings. The second-order valence-electron chi connectivity index (χ2n) is 4.14. The number of hydrogen-bond acceptors (Lipinski definition) is 4. The van der Waals surface area contributed by atoms with E-state index in [-0.39, 0.29) is 12.3 Å². The van der Waals surface area contributed by atoms with Gasteiger partial charge in [0.1, 0.15) is 5.75 Å². The number of amides is 1. The predicted molar refractivity (Wildman–Crippen MR) is 70.3 cm³/mol. The Hall–Kier alpha value is -1.62. The number of carbonyl (C=O) groups excluding carboxylic acids is 1. The molecule has 0 fully saturated rings. The molecule has 18 heavy (non-hydrogen) atoms. The van der Waals surface area contributed by atoms with Crippen molar-refractivity contribution in [2.45, 2.75) is 33.2 Å². The summed E-state index contributed by atoms with van der Waals surface area (Å²) in [6.45, 7) is 5.95. The molecule has 0 radical (unpaired) electrons. The lowest BCUT2D eigenvalue weighted by atomic mass is 10.2. The number of pyridine rings is 1. The molecule has 3 N–H and O–H groups in total. The fourth-order valence-electron chi connectivity index (χ4n) is 1.50. The molecule has 1 rings (SSSR count). The van der Waals surface area contributed by atoms with E-state index in [0.717, 1.165) is 24.4 Å². The average molecular weight is 251 g/mol. The van der Waals surface area contributed by atoms with Crippen LogP contribution in [-0.4, -0.2) is 24.0 Å². The van der Waals surface area contributed by atoms with Gasteiger partial charge in [-0.1, -0.05) is 6.92 Å². The van der Waals surface area contributed by atoms with E-state index < -0.39 is 0 Å². The van der Waals surface area contributed by atoms with Crippen LogP contribution >= 0.6 is 0 Å². The fourth-order valence-corrected chi connectivity index (χ4v) is 1.50. The number of aryl methyl sites for hydroxylation is 1. The molecule has 0 aliphatic rings. The van der Waals surface area contributed by atoms with Gasteiger partial charge < -0.3 is 15.8 Å². The van der Waals surface area contributed by atoms with Crippen molar-refractivity contribution in [3.63, 3.8) is 0 Å². The minimum Gasteiger partial charge on any atom is -0.491 e. The van der Waals surface area contributed by atoms with E-state index in [4.69, 9.17) is 10.5 Å². The molecule has 0 saturated heterocycles. The Bertz CT molecular complexity index is 394. The number of nitrogens with one attached hydrogen (secondary N) is 1. The Morgan fingerprint density at radius 3 is 2.94 bits per heavy atom. The van der Waals surface area contributed by atoms with Crippen molar-refractivity contribution in [3.05, 3.63) is 23.5 Å². The minimum absolute atomic E-state index is 0.218. The van der Waals surface area contributed by atoms with Crippen molar-refractivity contribution < 1.29 is 9.53 Å². The summed E-state index contributed by atoms with van der Waals surface area (Å²) in [5.41, 5.74) is 6.89. The summed E-state index contributed by atoms with van der Waals surface area (Å²) >= 11 is 0. The molecule has 1 heterocycles. The Morgan fingerprint density at radius 1 is 1.50 bits per heavy atom. The topological polar surface area (TPSA) is 77.2 Å². The highest BCUT2D eigenvalue weighted by Crippen LogP contribution is 2.17. The number of carbonyl (C=O) groups is 1. The second kappa shape index (κ2) is 7.66. The molecule has 0 aliphatic carbocycles. The highest BCUT2D eigenvalue weighted by molar-refractivity contribution is 5.73. The third-order valence-electron chi connectivity index (χ3n) is 2.40. The number of aromatic nitrogens is 1. The predicted octanol–water partition coefficient (Wildman–Crippen LogP) is 1.14. The summed E-state index contributed by atoms with van der Waals surface area (Å²) in [6, 6.07) is 3.77. The van der Waals surface area contributed by atoms with E-state index in [0.29, 0.717) is 18.9 Å². The number of rotatable bonds is 8. The van der Waals surface area contributed by atoms with E-state index in [2.05, 4.69) is 17.2 Å². The number of hydrogen-bond donors (Lipinski definition) is 2. The summed E-state index contributed by atoms with van der Waals surface area (Å²) < 4.78 is 5.53. The van der Waals surface area contributed by atoms with Crippen LogP contribution in [0.1, 0.15) is 31.2 Å². The Kier molecular flexibility index (Phi) is 6.14. The first-order valence-electron chi connectivity index (χ1n) is 6.21. The molecule has 5 heteroatoms. The largest absolute Gasteiger partial charge is 0.491 e. The van der Waals surface area contributed by atoms with Crippen LogP contribution in [0.15, 0.2) is 12.1 Å². The van der Waals surface area contributed by atoms with Gasteiger partial charge in [0.15, 0.2) is 0 Å². The standard InChI is InChI=1S/C13H21N3O2/c1-3-7-15-9-11-12(5-4-10(2)16-11)18-8-6-13(14)17/h4-5,15H,3,6-9H2,1-2H3,(H2,14,17). The Morgan fingerprint density at radius 2 is 2.28 bits per heavy atom. The van der Waals surface area contributed by atoms with Gasteiger partial charge in [0.25, 0.3) is 0 Å². The van der Waals surface area contributed by atoms with Crippen LogP contribution < -0.4 is 15.8 Å². The summed E-state index contributed by atoms with van der Waals surface area (Å²) in [4.78, 5) is 15.1. The Balaban J connectivity index is 2.60. The molecule has 0 saturated carbocycles. The van der Waals surface area contributed by atoms with Crippen LogP contribution in [-0.2, 0) is 11.3 Å². The van der Waals surface area contributed by atoms with E-state index in [1.807, 2.05) is 19.1 Å². The lowest BCUT2D eigenvalue weighted by Crippen LogP contribution is -2.18. The third-order valence-corrected chi connectivity index (χ3v) is 2.40. The molecule has 5 nitrogen and oxygen atoms in total. The monoisotopic (exact) mass is 251 g/mol. The second-order valence-corrected chi connectivity index (χ2v) is 4.14. The average Bonchev–Trinajstić information content (AvgIpc) is 2.32. The minimum atomic E-state index is -0.360. The number of nitrogens with two attached hydrogens (primary N) is 1. The molecular weight excluding hydrogens is 230 g/mol. The van der Waals surface area contributed by atoms with Gasteiger partial charge in [0.2, 0.25) is 5.91 Å². The van der Waals surface area contributed by atoms with Gasteiger partial charge in [0, 0.05) is 12.2 Å². The quantitative estimate of drug-likeness (QED) is 0.679. The zero-order chi connectivity index (χ0) is 13.4. The SMILES string of the molecule is CCCNCc1nc(C)ccc1OCCC(N)=O. The highest BCUT2D eigenvalue weighted by Gasteiger charge is 2.06. The van der Waals surface area contributed by atoms with Crippen molar-refractivity contribution in [1.29, 1.82) is 0 Å². The van der Waals surface area contributed by atoms with Gasteiger partial charge >= 0.3 is 0 Å². The molecule has 0 atom stereocenters. The molecule has 1 aromatic heterocycles. The van der Waals surface area contributed by atoms with Gasteiger partial charge in [-0.3, -0.25) is 9.78 Å². The van der Waals surface area contributed by atoms with Gasteiger partial charge in [-0.25, -0.2) is 0 Å². The summed E-state index contributed by atoms with van der Waals surface area (Å²) in [5, 5.41) is 3.28. The molecule has 0 bridgehead atoms. The molecule has 0 aliphatic heterocycles. The molecular formula is C13H21N3O2. The first-order valence-corrected chi connectivity index (χ1v) is 6.21. The van der Waals surface area contributed by atoms with Crippen molar-refractivity contribution >= 4 is 5.91 Å². The lowest BCUT2D eigenvalue weighted by Gasteiger charge is -2.11. The van der Waals surface area contributed by atoms with Crippen LogP contribution in [0.2, 0.25) is 0 Å². The fraction of sp³-hybridized carbons (Fsp3) is 0.538. The molecule has 1 amide bonds. The normalized spacial score (nSPS) is 10.3. The zero-order valence-electron chi connectivity index (χ0n) is 11.0. The van der Waals surface area contributed by atoms with Gasteiger partial charge in [-0.05, 0) is 32.0 Å². The third kappa shape index (κ3) is 5.14. The van der Waals surface area contributed by atoms with E-state index in [9.17, 15) is 4.79 Å². The zero-order valence-corrected chi connectivity index (χ0v) is 11.0. The van der Waals surface area contributed by atoms with E-state index in [1.54, 1.807) is 0 Å². The van der Waals surface area contributed by atoms with Crippen molar-refractivity contribution in [2.24, 2.45) is 5.73 Å². The van der Waals surface area contributed by atoms with Crippen LogP contribution in [0.3, 0.4) is 0 Å². The number of primary amides is 1. The Labute approximate surface area is 108 Å². The highest BCUT2D eigenvalue weighted by atomic mass is 16.5. The molecule has 0 unspecified atom stereocenters. The van der Waals surface area contributed by atoms with Crippen LogP contribution in [0.4, 0.5) is 0 Å². The van der Waals surface area contributed by atoms with Crippen LogP contribution in [0.5, 0.6) is 5.75 Å². The lowest BCUT2D eigenvalue weighted by molar-refractivity contribution is -0.118. The van der Waals surface area contributed by atoms with E-state index in [1.165, 1.54) is 0 Å². The maximum Gasteiger partial charge on any atom is 0.220 e. The van der Waals surface area contributed by atoms with Crippen LogP contribution in [0, 0.1) is 6.92 Å². The van der Waals surface area contributed by atoms with Crippen molar-refractivity contribution in [2.75, 3.05) is 13.2 Å².